The Balaban J connectivity index is 2.59. The molecule has 3 N–H and O–H groups in total. The summed E-state index contributed by atoms with van der Waals surface area (Å²) in [6, 6.07) is 6.42. The molecule has 0 heterocycles. The molecule has 0 amide bonds. The maximum Gasteiger partial charge on any atom is 0.0453 e. The normalized spacial score (nSPS) is 12.9. The van der Waals surface area contributed by atoms with Crippen LogP contribution in [0.25, 0.3) is 0 Å². The highest BCUT2D eigenvalue weighted by atomic mass is 35.5. The third-order valence-electron chi connectivity index (χ3n) is 2.20. The van der Waals surface area contributed by atoms with E-state index in [1.54, 1.807) is 0 Å². The molecule has 0 saturated heterocycles. The van der Waals surface area contributed by atoms with Crippen LogP contribution in [0.15, 0.2) is 18.2 Å². The Morgan fingerprint density at radius 3 is 2.79 bits per heavy atom. The summed E-state index contributed by atoms with van der Waals surface area (Å²) < 4.78 is 0. The van der Waals surface area contributed by atoms with E-state index in [9.17, 15) is 0 Å². The maximum atomic E-state index is 6.08. The predicted molar refractivity (Wildman–Crippen MR) is 61.5 cm³/mol. The minimum atomic E-state index is 0.326. The van der Waals surface area contributed by atoms with Gasteiger partial charge in [-0.25, -0.2) is 0 Å². The summed E-state index contributed by atoms with van der Waals surface area (Å²) in [5, 5.41) is 4.12. The second kappa shape index (κ2) is 5.35. The number of benzene rings is 1. The van der Waals surface area contributed by atoms with E-state index in [1.165, 1.54) is 5.56 Å². The van der Waals surface area contributed by atoms with Gasteiger partial charge >= 0.3 is 0 Å². The van der Waals surface area contributed by atoms with E-state index in [2.05, 4.69) is 18.3 Å². The van der Waals surface area contributed by atoms with Crippen LogP contribution in [0.4, 0.5) is 0 Å². The molecule has 1 atom stereocenters. The summed E-state index contributed by atoms with van der Waals surface area (Å²) in [4.78, 5) is 0. The van der Waals surface area contributed by atoms with Crippen molar-refractivity contribution in [1.29, 1.82) is 0 Å². The minimum absolute atomic E-state index is 0.326. The van der Waals surface area contributed by atoms with Gasteiger partial charge in [-0.15, -0.1) is 0 Å². The highest BCUT2D eigenvalue weighted by Gasteiger charge is 2.02. The number of hydrogen-bond donors (Lipinski definition) is 2. The Morgan fingerprint density at radius 1 is 1.50 bits per heavy atom. The van der Waals surface area contributed by atoms with Crippen molar-refractivity contribution in [2.45, 2.75) is 26.4 Å². The largest absolute Gasteiger partial charge is 0.329 e. The SMILES string of the molecule is Cc1ccc(CN[C@H](C)CN)c(Cl)c1. The van der Waals surface area contributed by atoms with Crippen LogP contribution in [-0.2, 0) is 6.54 Å². The molecule has 1 rings (SSSR count). The summed E-state index contributed by atoms with van der Waals surface area (Å²) in [6.07, 6.45) is 0. The summed E-state index contributed by atoms with van der Waals surface area (Å²) in [7, 11) is 0. The lowest BCUT2D eigenvalue weighted by Gasteiger charge is -2.12. The van der Waals surface area contributed by atoms with Crippen molar-refractivity contribution in [1.82, 2.24) is 5.32 Å². The molecule has 78 valence electrons. The van der Waals surface area contributed by atoms with Gasteiger partial charge in [-0.3, -0.25) is 0 Å². The molecule has 0 spiro atoms. The van der Waals surface area contributed by atoms with Gasteiger partial charge in [0.05, 0.1) is 0 Å². The third kappa shape index (κ3) is 3.29. The van der Waals surface area contributed by atoms with Crippen LogP contribution in [0.5, 0.6) is 0 Å². The minimum Gasteiger partial charge on any atom is -0.329 e. The average Bonchev–Trinajstić information content (AvgIpc) is 2.16. The molecule has 0 aromatic heterocycles. The van der Waals surface area contributed by atoms with E-state index in [0.717, 1.165) is 17.1 Å². The third-order valence-corrected chi connectivity index (χ3v) is 2.55. The first kappa shape index (κ1) is 11.5. The van der Waals surface area contributed by atoms with Gasteiger partial charge in [0.25, 0.3) is 0 Å². The van der Waals surface area contributed by atoms with Gasteiger partial charge < -0.3 is 11.1 Å². The fourth-order valence-corrected chi connectivity index (χ4v) is 1.47. The molecular weight excluding hydrogens is 196 g/mol. The molecule has 0 aliphatic heterocycles. The summed E-state index contributed by atoms with van der Waals surface area (Å²) in [6.45, 7) is 5.51. The first-order chi connectivity index (χ1) is 6.63. The Kier molecular flexibility index (Phi) is 4.39. The van der Waals surface area contributed by atoms with E-state index in [4.69, 9.17) is 17.3 Å². The zero-order chi connectivity index (χ0) is 10.6. The molecule has 1 aromatic carbocycles. The lowest BCUT2D eigenvalue weighted by molar-refractivity contribution is 0.556. The number of nitrogens with two attached hydrogens (primary N) is 1. The Hall–Kier alpha value is -0.570. The van der Waals surface area contributed by atoms with Gasteiger partial charge in [-0.05, 0) is 31.0 Å². The van der Waals surface area contributed by atoms with E-state index < -0.39 is 0 Å². The molecule has 2 nitrogen and oxygen atoms in total. The fraction of sp³-hybridized carbons (Fsp3) is 0.455. The van der Waals surface area contributed by atoms with Crippen molar-refractivity contribution in [3.05, 3.63) is 34.3 Å². The molecule has 0 saturated carbocycles. The molecule has 3 heteroatoms. The average molecular weight is 213 g/mol. The number of rotatable bonds is 4. The van der Waals surface area contributed by atoms with Crippen molar-refractivity contribution in [2.75, 3.05) is 6.54 Å². The molecule has 0 bridgehead atoms. The zero-order valence-electron chi connectivity index (χ0n) is 8.68. The van der Waals surface area contributed by atoms with Crippen molar-refractivity contribution in [2.24, 2.45) is 5.73 Å². The Morgan fingerprint density at radius 2 is 2.21 bits per heavy atom. The van der Waals surface area contributed by atoms with Crippen molar-refractivity contribution < 1.29 is 0 Å². The second-order valence-electron chi connectivity index (χ2n) is 3.61. The second-order valence-corrected chi connectivity index (χ2v) is 4.02. The van der Waals surface area contributed by atoms with Gasteiger partial charge in [0, 0.05) is 24.2 Å². The predicted octanol–water partition coefficient (Wildman–Crippen LogP) is 2.09. The molecule has 0 fully saturated rings. The molecule has 14 heavy (non-hydrogen) atoms. The van der Waals surface area contributed by atoms with Crippen LogP contribution in [-0.4, -0.2) is 12.6 Å². The Bertz CT molecular complexity index is 299. The molecule has 0 aliphatic carbocycles. The monoisotopic (exact) mass is 212 g/mol. The van der Waals surface area contributed by atoms with Crippen LogP contribution in [0.2, 0.25) is 5.02 Å². The molecule has 0 aliphatic rings. The molecular formula is C11H17ClN2. The van der Waals surface area contributed by atoms with E-state index in [-0.39, 0.29) is 0 Å². The maximum absolute atomic E-state index is 6.08. The number of nitrogens with one attached hydrogen (secondary N) is 1. The highest BCUT2D eigenvalue weighted by Crippen LogP contribution is 2.17. The number of hydrogen-bond acceptors (Lipinski definition) is 2. The van der Waals surface area contributed by atoms with Gasteiger partial charge in [-0.2, -0.15) is 0 Å². The summed E-state index contributed by atoms with van der Waals surface area (Å²) in [5.41, 5.74) is 7.81. The summed E-state index contributed by atoms with van der Waals surface area (Å²) >= 11 is 6.08. The smallest absolute Gasteiger partial charge is 0.0453 e. The van der Waals surface area contributed by atoms with Crippen molar-refractivity contribution in [3.63, 3.8) is 0 Å². The highest BCUT2D eigenvalue weighted by molar-refractivity contribution is 6.31. The fourth-order valence-electron chi connectivity index (χ4n) is 1.16. The van der Waals surface area contributed by atoms with Crippen LogP contribution >= 0.6 is 11.6 Å². The number of halogens is 1. The van der Waals surface area contributed by atoms with Gasteiger partial charge in [0.2, 0.25) is 0 Å². The van der Waals surface area contributed by atoms with E-state index in [1.807, 2.05) is 19.1 Å². The first-order valence-electron chi connectivity index (χ1n) is 4.82. The van der Waals surface area contributed by atoms with E-state index in [0.29, 0.717) is 12.6 Å². The summed E-state index contributed by atoms with van der Waals surface area (Å²) in [5.74, 6) is 0. The quantitative estimate of drug-likeness (QED) is 0.802. The van der Waals surface area contributed by atoms with Crippen LogP contribution in [0.3, 0.4) is 0 Å². The van der Waals surface area contributed by atoms with Crippen LogP contribution in [0, 0.1) is 6.92 Å². The Labute approximate surface area is 90.4 Å². The van der Waals surface area contributed by atoms with Crippen LogP contribution < -0.4 is 11.1 Å². The molecule has 0 radical (unpaired) electrons. The molecule has 1 aromatic rings. The van der Waals surface area contributed by atoms with Crippen molar-refractivity contribution >= 4 is 11.6 Å². The standard InChI is InChI=1S/C11H17ClN2/c1-8-3-4-10(11(12)5-8)7-14-9(2)6-13/h3-5,9,14H,6-7,13H2,1-2H3/t9-/m1/s1. The lowest BCUT2D eigenvalue weighted by atomic mass is 10.1. The van der Waals surface area contributed by atoms with Gasteiger partial charge in [0.1, 0.15) is 0 Å². The van der Waals surface area contributed by atoms with Crippen LogP contribution in [0.1, 0.15) is 18.1 Å². The number of aryl methyl sites for hydroxylation is 1. The van der Waals surface area contributed by atoms with Gasteiger partial charge in [0.15, 0.2) is 0 Å². The zero-order valence-corrected chi connectivity index (χ0v) is 9.43. The lowest BCUT2D eigenvalue weighted by Crippen LogP contribution is -2.32. The van der Waals surface area contributed by atoms with Gasteiger partial charge in [-0.1, -0.05) is 23.7 Å². The van der Waals surface area contributed by atoms with E-state index >= 15 is 0 Å². The molecule has 0 unspecified atom stereocenters. The topological polar surface area (TPSA) is 38.0 Å². The first-order valence-corrected chi connectivity index (χ1v) is 5.19. The van der Waals surface area contributed by atoms with Crippen molar-refractivity contribution in [3.8, 4) is 0 Å².